The number of imidazole rings is 1. The van der Waals surface area contributed by atoms with E-state index in [9.17, 15) is 9.59 Å². The highest BCUT2D eigenvalue weighted by Gasteiger charge is 2.19. The summed E-state index contributed by atoms with van der Waals surface area (Å²) in [6.07, 6.45) is 0. The molecule has 0 bridgehead atoms. The van der Waals surface area contributed by atoms with Crippen molar-refractivity contribution in [2.24, 2.45) is 0 Å². The van der Waals surface area contributed by atoms with Crippen molar-refractivity contribution in [1.82, 2.24) is 9.55 Å². The second-order valence-corrected chi connectivity index (χ2v) is 8.01. The number of carbonyl (C=O) groups excluding carboxylic acids is 2. The van der Waals surface area contributed by atoms with E-state index in [0.29, 0.717) is 12.1 Å². The van der Waals surface area contributed by atoms with Crippen LogP contribution < -0.4 is 4.74 Å². The van der Waals surface area contributed by atoms with E-state index in [-0.39, 0.29) is 17.1 Å². The maximum absolute atomic E-state index is 13.0. The highest BCUT2D eigenvalue weighted by molar-refractivity contribution is 7.99. The molecule has 162 valence electrons. The third-order valence-corrected chi connectivity index (χ3v) is 6.05. The van der Waals surface area contributed by atoms with Gasteiger partial charge in [-0.15, -0.1) is 0 Å². The maximum atomic E-state index is 13.0. The maximum Gasteiger partial charge on any atom is 0.338 e. The van der Waals surface area contributed by atoms with E-state index >= 15 is 0 Å². The van der Waals surface area contributed by atoms with Crippen molar-refractivity contribution in [2.75, 3.05) is 20.0 Å². The van der Waals surface area contributed by atoms with Gasteiger partial charge in [-0.3, -0.25) is 4.79 Å². The van der Waals surface area contributed by atoms with Crippen LogP contribution in [0.2, 0.25) is 0 Å². The van der Waals surface area contributed by atoms with Crippen LogP contribution in [0.3, 0.4) is 0 Å². The lowest BCUT2D eigenvalue weighted by Gasteiger charge is -2.10. The van der Waals surface area contributed by atoms with Gasteiger partial charge in [0.2, 0.25) is 0 Å². The minimum Gasteiger partial charge on any atom is -0.497 e. The van der Waals surface area contributed by atoms with Gasteiger partial charge in [-0.1, -0.05) is 60.3 Å². The summed E-state index contributed by atoms with van der Waals surface area (Å²) in [5.41, 5.74) is 3.50. The minimum atomic E-state index is -0.526. The topological polar surface area (TPSA) is 70.4 Å². The number of rotatable bonds is 8. The number of nitrogens with zero attached hydrogens (tertiary/aromatic N) is 2. The van der Waals surface area contributed by atoms with Crippen LogP contribution in [0.1, 0.15) is 26.3 Å². The van der Waals surface area contributed by atoms with Crippen molar-refractivity contribution < 1.29 is 19.1 Å². The second kappa shape index (κ2) is 9.70. The Hall–Kier alpha value is -3.58. The standard InChI is InChI=1S/C25H22N2O4S/c1-30-18-12-13-22-21(14-18)26-25(27(22)15-17-8-4-3-5-9-17)32-16-23(28)19-10-6-7-11-20(19)24(29)31-2/h3-14H,15-16H2,1-2H3. The molecule has 7 heteroatoms. The summed E-state index contributed by atoms with van der Waals surface area (Å²) in [5, 5.41) is 0.723. The van der Waals surface area contributed by atoms with Gasteiger partial charge in [0.25, 0.3) is 0 Å². The van der Waals surface area contributed by atoms with Gasteiger partial charge in [0, 0.05) is 11.6 Å². The smallest absolute Gasteiger partial charge is 0.338 e. The molecule has 0 aliphatic carbocycles. The summed E-state index contributed by atoms with van der Waals surface area (Å²) < 4.78 is 12.2. The molecule has 4 aromatic rings. The molecule has 3 aromatic carbocycles. The van der Waals surface area contributed by atoms with Crippen LogP contribution in [-0.4, -0.2) is 41.3 Å². The van der Waals surface area contributed by atoms with Gasteiger partial charge in [0.15, 0.2) is 10.9 Å². The van der Waals surface area contributed by atoms with Crippen LogP contribution in [0.25, 0.3) is 11.0 Å². The molecule has 32 heavy (non-hydrogen) atoms. The van der Waals surface area contributed by atoms with Gasteiger partial charge in [0.1, 0.15) is 5.75 Å². The fourth-order valence-electron chi connectivity index (χ4n) is 3.47. The Labute approximate surface area is 190 Å². The zero-order valence-electron chi connectivity index (χ0n) is 17.8. The fraction of sp³-hybridized carbons (Fsp3) is 0.160. The number of carbonyl (C=O) groups is 2. The highest BCUT2D eigenvalue weighted by Crippen LogP contribution is 2.28. The SMILES string of the molecule is COC(=O)c1ccccc1C(=O)CSc1nc2cc(OC)ccc2n1Cc1ccccc1. The number of benzene rings is 3. The first-order chi connectivity index (χ1) is 15.6. The molecule has 6 nitrogen and oxygen atoms in total. The molecule has 4 rings (SSSR count). The van der Waals surface area contributed by atoms with Crippen LogP contribution in [0.4, 0.5) is 0 Å². The number of ether oxygens (including phenoxy) is 2. The first-order valence-corrected chi connectivity index (χ1v) is 11.0. The quantitative estimate of drug-likeness (QED) is 0.219. The molecule has 0 unspecified atom stereocenters. The summed E-state index contributed by atoms with van der Waals surface area (Å²) >= 11 is 1.35. The van der Waals surface area contributed by atoms with Gasteiger partial charge in [-0.25, -0.2) is 9.78 Å². The Balaban J connectivity index is 1.64. The number of methoxy groups -OCH3 is 2. The third kappa shape index (κ3) is 4.53. The molecule has 0 saturated heterocycles. The predicted octanol–water partition coefficient (Wildman–Crippen LogP) is 4.85. The number of hydrogen-bond acceptors (Lipinski definition) is 6. The summed E-state index contributed by atoms with van der Waals surface area (Å²) in [5.74, 6) is 0.180. The van der Waals surface area contributed by atoms with Gasteiger partial charge in [-0.2, -0.15) is 0 Å². The monoisotopic (exact) mass is 446 g/mol. The Bertz CT molecular complexity index is 1270. The van der Waals surface area contributed by atoms with Crippen molar-refractivity contribution in [3.05, 3.63) is 89.5 Å². The Morgan fingerprint density at radius 3 is 2.38 bits per heavy atom. The van der Waals surface area contributed by atoms with Crippen molar-refractivity contribution >= 4 is 34.5 Å². The van der Waals surface area contributed by atoms with Gasteiger partial charge in [-0.05, 0) is 23.8 Å². The molecule has 0 spiro atoms. The van der Waals surface area contributed by atoms with Gasteiger partial charge >= 0.3 is 5.97 Å². The van der Waals surface area contributed by atoms with Crippen LogP contribution in [0.15, 0.2) is 78.0 Å². The van der Waals surface area contributed by atoms with Crippen molar-refractivity contribution in [1.29, 1.82) is 0 Å². The predicted molar refractivity (Wildman–Crippen MR) is 125 cm³/mol. The molecule has 0 atom stereocenters. The van der Waals surface area contributed by atoms with E-state index in [4.69, 9.17) is 14.5 Å². The lowest BCUT2D eigenvalue weighted by molar-refractivity contribution is 0.0597. The van der Waals surface area contributed by atoms with E-state index in [1.807, 2.05) is 36.4 Å². The molecular weight excluding hydrogens is 424 g/mol. The molecule has 0 N–H and O–H groups in total. The number of thioether (sulfide) groups is 1. The molecule has 0 fully saturated rings. The van der Waals surface area contributed by atoms with E-state index in [1.54, 1.807) is 31.4 Å². The van der Waals surface area contributed by atoms with Crippen molar-refractivity contribution in [3.8, 4) is 5.75 Å². The first kappa shape index (κ1) is 21.6. The van der Waals surface area contributed by atoms with Crippen LogP contribution >= 0.6 is 11.8 Å². The number of hydrogen-bond donors (Lipinski definition) is 0. The Morgan fingerprint density at radius 2 is 1.66 bits per heavy atom. The molecule has 0 aliphatic rings. The van der Waals surface area contributed by atoms with E-state index < -0.39 is 5.97 Å². The lowest BCUT2D eigenvalue weighted by Crippen LogP contribution is -2.12. The zero-order valence-corrected chi connectivity index (χ0v) is 18.6. The average Bonchev–Trinajstić information content (AvgIpc) is 3.18. The number of aromatic nitrogens is 2. The van der Waals surface area contributed by atoms with Gasteiger partial charge in [0.05, 0.1) is 43.1 Å². The lowest BCUT2D eigenvalue weighted by atomic mass is 10.0. The average molecular weight is 447 g/mol. The molecule has 0 radical (unpaired) electrons. The third-order valence-electron chi connectivity index (χ3n) is 5.07. The largest absolute Gasteiger partial charge is 0.497 e. The summed E-state index contributed by atoms with van der Waals surface area (Å²) in [6, 6.07) is 22.5. The van der Waals surface area contributed by atoms with Crippen LogP contribution in [-0.2, 0) is 11.3 Å². The fourth-order valence-corrected chi connectivity index (χ4v) is 4.36. The van der Waals surface area contributed by atoms with Crippen LogP contribution in [0.5, 0.6) is 5.75 Å². The minimum absolute atomic E-state index is 0.142. The number of esters is 1. The first-order valence-electron chi connectivity index (χ1n) is 10.0. The van der Waals surface area contributed by atoms with E-state index in [2.05, 4.69) is 16.7 Å². The van der Waals surface area contributed by atoms with E-state index in [0.717, 1.165) is 27.5 Å². The van der Waals surface area contributed by atoms with Crippen LogP contribution in [0, 0.1) is 0 Å². The van der Waals surface area contributed by atoms with Gasteiger partial charge < -0.3 is 14.0 Å². The van der Waals surface area contributed by atoms with E-state index in [1.165, 1.54) is 18.9 Å². The Kier molecular flexibility index (Phi) is 6.56. The van der Waals surface area contributed by atoms with Crippen molar-refractivity contribution in [2.45, 2.75) is 11.7 Å². The number of ketones is 1. The molecule has 0 amide bonds. The molecule has 1 aromatic heterocycles. The number of fused-ring (bicyclic) bond motifs is 1. The van der Waals surface area contributed by atoms with Crippen molar-refractivity contribution in [3.63, 3.8) is 0 Å². The summed E-state index contributed by atoms with van der Waals surface area (Å²) in [4.78, 5) is 29.8. The summed E-state index contributed by atoms with van der Waals surface area (Å²) in [6.45, 7) is 0.624. The number of Topliss-reactive ketones (excluding diaryl/α,β-unsaturated/α-hetero) is 1. The molecule has 0 saturated carbocycles. The second-order valence-electron chi connectivity index (χ2n) is 7.07. The Morgan fingerprint density at radius 1 is 0.938 bits per heavy atom. The molecule has 0 aliphatic heterocycles. The normalized spacial score (nSPS) is 10.8. The molecular formula is C25H22N2O4S. The zero-order chi connectivity index (χ0) is 22.5. The summed E-state index contributed by atoms with van der Waals surface area (Å²) in [7, 11) is 2.92. The molecule has 1 heterocycles. The highest BCUT2D eigenvalue weighted by atomic mass is 32.2.